The third-order valence-corrected chi connectivity index (χ3v) is 6.07. The summed E-state index contributed by atoms with van der Waals surface area (Å²) in [5.41, 5.74) is 2.40. The Morgan fingerprint density at radius 2 is 1.69 bits per heavy atom. The first kappa shape index (κ1) is 28.4. The van der Waals surface area contributed by atoms with Gasteiger partial charge in [-0.1, -0.05) is 58.1 Å². The molecule has 1 unspecified atom stereocenters. The second kappa shape index (κ2) is 15.2. The van der Waals surface area contributed by atoms with E-state index < -0.39 is 12.0 Å². The number of ether oxygens (including phenoxy) is 2. The molecule has 1 atom stereocenters. The Kier molecular flexibility index (Phi) is 12.3. The van der Waals surface area contributed by atoms with Gasteiger partial charge in [0.1, 0.15) is 6.61 Å². The Morgan fingerprint density at radius 1 is 1.00 bits per heavy atom. The van der Waals surface area contributed by atoms with Gasteiger partial charge >= 0.3 is 12.0 Å². The first-order chi connectivity index (χ1) is 16.9. The molecule has 0 saturated carbocycles. The minimum absolute atomic E-state index is 0.00688. The van der Waals surface area contributed by atoms with Crippen molar-refractivity contribution in [3.63, 3.8) is 0 Å². The van der Waals surface area contributed by atoms with Gasteiger partial charge in [0, 0.05) is 31.5 Å². The molecular weight excluding hydrogens is 446 g/mol. The summed E-state index contributed by atoms with van der Waals surface area (Å²) >= 11 is 0. The van der Waals surface area contributed by atoms with Crippen molar-refractivity contribution in [2.45, 2.75) is 78.2 Å². The van der Waals surface area contributed by atoms with Crippen molar-refractivity contribution in [3.05, 3.63) is 41.1 Å². The van der Waals surface area contributed by atoms with Gasteiger partial charge in [0.25, 0.3) is 0 Å². The van der Waals surface area contributed by atoms with Gasteiger partial charge in [-0.15, -0.1) is 0 Å². The topological polar surface area (TPSA) is 97.0 Å². The number of hydrogen-bond donors (Lipinski definition) is 2. The maximum absolute atomic E-state index is 12.9. The lowest BCUT2D eigenvalue weighted by atomic mass is 9.94. The van der Waals surface area contributed by atoms with E-state index in [0.717, 1.165) is 24.8 Å². The van der Waals surface area contributed by atoms with Gasteiger partial charge in [-0.25, -0.2) is 9.59 Å². The first-order valence-electron chi connectivity index (χ1n) is 12.8. The molecule has 0 aromatic heterocycles. The maximum Gasteiger partial charge on any atom is 0.338 e. The van der Waals surface area contributed by atoms with Crippen molar-refractivity contribution in [2.75, 3.05) is 32.2 Å². The minimum Gasteiger partial charge on any atom is -0.460 e. The molecule has 8 nitrogen and oxygen atoms in total. The molecular formula is C27H41N3O5. The molecule has 0 saturated heterocycles. The van der Waals surface area contributed by atoms with Crippen LogP contribution in [0.1, 0.15) is 83.7 Å². The van der Waals surface area contributed by atoms with E-state index in [4.69, 9.17) is 9.47 Å². The van der Waals surface area contributed by atoms with Crippen molar-refractivity contribution >= 4 is 23.6 Å². The number of carbonyl (C=O) groups is 3. The first-order valence-corrected chi connectivity index (χ1v) is 12.8. The lowest BCUT2D eigenvalue weighted by molar-refractivity contribution is -0.141. The van der Waals surface area contributed by atoms with Crippen LogP contribution in [0.25, 0.3) is 0 Å². The second-order valence-corrected chi connectivity index (χ2v) is 8.85. The number of rotatable bonds is 15. The lowest BCUT2D eigenvalue weighted by Gasteiger charge is -2.35. The third kappa shape index (κ3) is 8.69. The fourth-order valence-electron chi connectivity index (χ4n) is 4.13. The average Bonchev–Trinajstić information content (AvgIpc) is 2.84. The van der Waals surface area contributed by atoms with Gasteiger partial charge in [0.2, 0.25) is 5.91 Å². The number of allylic oxidation sites excluding steroid dienone is 1. The normalized spacial score (nSPS) is 15.7. The summed E-state index contributed by atoms with van der Waals surface area (Å²) in [6, 6.07) is 6.33. The zero-order valence-electron chi connectivity index (χ0n) is 21.7. The molecule has 194 valence electrons. The Balaban J connectivity index is 2.09. The van der Waals surface area contributed by atoms with E-state index in [1.807, 2.05) is 19.1 Å². The monoisotopic (exact) mass is 487 g/mol. The summed E-state index contributed by atoms with van der Waals surface area (Å²) in [6.07, 6.45) is 8.06. The summed E-state index contributed by atoms with van der Waals surface area (Å²) in [5, 5.41) is 5.87. The van der Waals surface area contributed by atoms with Gasteiger partial charge in [0.05, 0.1) is 18.2 Å². The zero-order valence-corrected chi connectivity index (χ0v) is 21.7. The van der Waals surface area contributed by atoms with E-state index >= 15 is 0 Å². The maximum atomic E-state index is 12.9. The number of urea groups is 1. The van der Waals surface area contributed by atoms with Crippen molar-refractivity contribution < 1.29 is 23.9 Å². The highest BCUT2D eigenvalue weighted by molar-refractivity contribution is 5.95. The average molecular weight is 488 g/mol. The molecule has 0 aliphatic carbocycles. The van der Waals surface area contributed by atoms with Gasteiger partial charge in [-0.3, -0.25) is 9.69 Å². The highest BCUT2D eigenvalue weighted by atomic mass is 16.6. The van der Waals surface area contributed by atoms with Crippen LogP contribution < -0.4 is 10.6 Å². The predicted molar refractivity (Wildman–Crippen MR) is 137 cm³/mol. The molecule has 1 aliphatic heterocycles. The Hall–Kier alpha value is -2.87. The molecule has 3 amide bonds. The SMILES string of the molecule is CCCCCCCCC(=O)Nc1ccc(C2NC(=O)N(CCC)C(C)=C2C(=O)OCCOC)cc1. The van der Waals surface area contributed by atoms with Crippen LogP contribution in [0.2, 0.25) is 0 Å². The van der Waals surface area contributed by atoms with Gasteiger partial charge < -0.3 is 20.1 Å². The second-order valence-electron chi connectivity index (χ2n) is 8.85. The zero-order chi connectivity index (χ0) is 25.6. The number of nitrogens with one attached hydrogen (secondary N) is 2. The highest BCUT2D eigenvalue weighted by Gasteiger charge is 2.36. The molecule has 2 rings (SSSR count). The molecule has 1 aromatic rings. The van der Waals surface area contributed by atoms with Gasteiger partial charge in [-0.2, -0.15) is 0 Å². The number of unbranched alkanes of at least 4 members (excludes halogenated alkanes) is 5. The van der Waals surface area contributed by atoms with Crippen molar-refractivity contribution in [1.82, 2.24) is 10.2 Å². The Labute approximate surface area is 209 Å². The number of amides is 3. The van der Waals surface area contributed by atoms with E-state index in [-0.39, 0.29) is 18.5 Å². The standard InChI is InChI=1S/C27H41N3O5/c1-5-7-8-9-10-11-12-23(31)28-22-15-13-21(14-16-22)25-24(26(32)35-19-18-34-4)20(3)30(17-6-2)27(33)29-25/h13-16,25H,5-12,17-19H2,1-4H3,(H,28,31)(H,29,33). The number of benzene rings is 1. The summed E-state index contributed by atoms with van der Waals surface area (Å²) in [7, 11) is 1.54. The minimum atomic E-state index is -0.640. The third-order valence-electron chi connectivity index (χ3n) is 6.07. The Bertz CT molecular complexity index is 866. The molecule has 1 heterocycles. The van der Waals surface area contributed by atoms with Gasteiger partial charge in [0.15, 0.2) is 0 Å². The number of hydrogen-bond acceptors (Lipinski definition) is 5. The molecule has 0 radical (unpaired) electrons. The molecule has 1 aliphatic rings. The van der Waals surface area contributed by atoms with Crippen LogP contribution in [0.4, 0.5) is 10.5 Å². The molecule has 0 bridgehead atoms. The van der Waals surface area contributed by atoms with Crippen LogP contribution in [0.5, 0.6) is 0 Å². The fourth-order valence-corrected chi connectivity index (χ4v) is 4.13. The summed E-state index contributed by atoms with van der Waals surface area (Å²) < 4.78 is 10.4. The fraction of sp³-hybridized carbons (Fsp3) is 0.593. The number of carbonyl (C=O) groups excluding carboxylic acids is 3. The number of anilines is 1. The predicted octanol–water partition coefficient (Wildman–Crippen LogP) is 5.32. The number of methoxy groups -OCH3 is 1. The summed E-state index contributed by atoms with van der Waals surface area (Å²) in [5.74, 6) is -0.491. The van der Waals surface area contributed by atoms with Crippen LogP contribution in [0.3, 0.4) is 0 Å². The molecule has 1 aromatic carbocycles. The van der Waals surface area contributed by atoms with Crippen LogP contribution in [0.15, 0.2) is 35.5 Å². The molecule has 8 heteroatoms. The largest absolute Gasteiger partial charge is 0.460 e. The van der Waals surface area contributed by atoms with Gasteiger partial charge in [-0.05, 0) is 37.5 Å². The smallest absolute Gasteiger partial charge is 0.338 e. The summed E-state index contributed by atoms with van der Waals surface area (Å²) in [6.45, 7) is 6.86. The van der Waals surface area contributed by atoms with E-state index in [1.54, 1.807) is 31.1 Å². The van der Waals surface area contributed by atoms with E-state index in [0.29, 0.717) is 36.5 Å². The van der Waals surface area contributed by atoms with Crippen LogP contribution >= 0.6 is 0 Å². The highest BCUT2D eigenvalue weighted by Crippen LogP contribution is 2.32. The van der Waals surface area contributed by atoms with E-state index in [9.17, 15) is 14.4 Å². The number of esters is 1. The molecule has 2 N–H and O–H groups in total. The van der Waals surface area contributed by atoms with Crippen LogP contribution in [0, 0.1) is 0 Å². The van der Waals surface area contributed by atoms with Crippen molar-refractivity contribution in [1.29, 1.82) is 0 Å². The lowest BCUT2D eigenvalue weighted by Crippen LogP contribution is -2.48. The molecule has 35 heavy (non-hydrogen) atoms. The van der Waals surface area contributed by atoms with Crippen LogP contribution in [-0.2, 0) is 19.1 Å². The Morgan fingerprint density at radius 3 is 2.34 bits per heavy atom. The molecule has 0 spiro atoms. The molecule has 0 fully saturated rings. The van der Waals surface area contributed by atoms with E-state index in [2.05, 4.69) is 17.6 Å². The van der Waals surface area contributed by atoms with Crippen molar-refractivity contribution in [2.24, 2.45) is 0 Å². The summed E-state index contributed by atoms with van der Waals surface area (Å²) in [4.78, 5) is 39.6. The van der Waals surface area contributed by atoms with Crippen LogP contribution in [-0.4, -0.2) is 49.7 Å². The van der Waals surface area contributed by atoms with E-state index in [1.165, 1.54) is 25.7 Å². The quantitative estimate of drug-likeness (QED) is 0.258. The number of nitrogens with zero attached hydrogens (tertiary/aromatic N) is 1. The van der Waals surface area contributed by atoms with Crippen molar-refractivity contribution in [3.8, 4) is 0 Å².